The maximum Gasteiger partial charge on any atom is 0.389 e. The first-order valence-electron chi connectivity index (χ1n) is 4.26. The van der Waals surface area contributed by atoms with E-state index in [9.17, 15) is 18.0 Å². The summed E-state index contributed by atoms with van der Waals surface area (Å²) in [5.41, 5.74) is 0. The van der Waals surface area contributed by atoms with Crippen LogP contribution in [0.4, 0.5) is 13.2 Å². The standard InChI is InChI=1S/C9H9F3O3/c10-9(11,12)4-1-5-14-8-3-2-7(6-13)15-8/h2-3,6H,1,4-5H2. The summed E-state index contributed by atoms with van der Waals surface area (Å²) in [4.78, 5) is 10.2. The predicted molar refractivity (Wildman–Crippen MR) is 44.9 cm³/mol. The Morgan fingerprint density at radius 2 is 2.13 bits per heavy atom. The fourth-order valence-corrected chi connectivity index (χ4v) is 0.921. The number of rotatable bonds is 5. The summed E-state index contributed by atoms with van der Waals surface area (Å²) in [6.45, 7) is -0.0919. The third kappa shape index (κ3) is 4.53. The minimum atomic E-state index is -4.17. The highest BCUT2D eigenvalue weighted by molar-refractivity contribution is 5.70. The van der Waals surface area contributed by atoms with Gasteiger partial charge in [-0.2, -0.15) is 13.2 Å². The van der Waals surface area contributed by atoms with Gasteiger partial charge in [0.25, 0.3) is 5.95 Å². The average molecular weight is 222 g/mol. The van der Waals surface area contributed by atoms with E-state index in [-0.39, 0.29) is 24.7 Å². The van der Waals surface area contributed by atoms with Crippen molar-refractivity contribution in [2.24, 2.45) is 0 Å². The fraction of sp³-hybridized carbons (Fsp3) is 0.444. The van der Waals surface area contributed by atoms with E-state index < -0.39 is 12.6 Å². The second-order valence-corrected chi connectivity index (χ2v) is 2.84. The minimum Gasteiger partial charge on any atom is -0.465 e. The van der Waals surface area contributed by atoms with Crippen molar-refractivity contribution in [2.45, 2.75) is 19.0 Å². The smallest absolute Gasteiger partial charge is 0.389 e. The molecule has 0 aliphatic rings. The molecule has 0 aliphatic carbocycles. The maximum atomic E-state index is 11.7. The normalized spacial score (nSPS) is 11.4. The summed E-state index contributed by atoms with van der Waals surface area (Å²) >= 11 is 0. The first kappa shape index (κ1) is 11.6. The van der Waals surface area contributed by atoms with E-state index in [1.165, 1.54) is 12.1 Å². The lowest BCUT2D eigenvalue weighted by atomic mass is 10.3. The summed E-state index contributed by atoms with van der Waals surface area (Å²) in [5.74, 6) is 0.139. The van der Waals surface area contributed by atoms with Crippen molar-refractivity contribution in [3.63, 3.8) is 0 Å². The quantitative estimate of drug-likeness (QED) is 0.568. The molecule has 0 radical (unpaired) electrons. The molecule has 0 aromatic carbocycles. The Bertz CT molecular complexity index is 317. The molecular formula is C9H9F3O3. The number of alkyl halides is 3. The number of carbonyl (C=O) groups is 1. The SMILES string of the molecule is O=Cc1ccc(OCCCC(F)(F)F)o1. The molecule has 1 rings (SSSR count). The molecule has 0 amide bonds. The second-order valence-electron chi connectivity index (χ2n) is 2.84. The highest BCUT2D eigenvalue weighted by Crippen LogP contribution is 2.21. The van der Waals surface area contributed by atoms with Crippen molar-refractivity contribution in [3.8, 4) is 5.95 Å². The Labute approximate surface area is 83.8 Å². The molecule has 1 aromatic heterocycles. The van der Waals surface area contributed by atoms with E-state index in [4.69, 9.17) is 9.15 Å². The van der Waals surface area contributed by atoms with Gasteiger partial charge in [0.15, 0.2) is 12.0 Å². The lowest BCUT2D eigenvalue weighted by Gasteiger charge is -2.05. The van der Waals surface area contributed by atoms with Crippen LogP contribution in [-0.2, 0) is 0 Å². The van der Waals surface area contributed by atoms with Gasteiger partial charge in [-0.05, 0) is 12.5 Å². The van der Waals surface area contributed by atoms with Crippen LogP contribution in [0, 0.1) is 0 Å². The van der Waals surface area contributed by atoms with Crippen LogP contribution in [0.1, 0.15) is 23.4 Å². The van der Waals surface area contributed by atoms with Crippen LogP contribution >= 0.6 is 0 Å². The van der Waals surface area contributed by atoms with E-state index in [0.29, 0.717) is 6.29 Å². The lowest BCUT2D eigenvalue weighted by Crippen LogP contribution is -2.09. The summed E-state index contributed by atoms with van der Waals surface area (Å²) < 4.78 is 44.8. The van der Waals surface area contributed by atoms with Crippen molar-refractivity contribution in [1.29, 1.82) is 0 Å². The van der Waals surface area contributed by atoms with Crippen LogP contribution in [0.2, 0.25) is 0 Å². The molecule has 0 saturated carbocycles. The minimum absolute atomic E-state index is 0.0549. The third-order valence-corrected chi connectivity index (χ3v) is 1.57. The van der Waals surface area contributed by atoms with Crippen molar-refractivity contribution >= 4 is 6.29 Å². The molecule has 84 valence electrons. The van der Waals surface area contributed by atoms with Gasteiger partial charge in [-0.15, -0.1) is 0 Å². The number of furan rings is 1. The van der Waals surface area contributed by atoms with Gasteiger partial charge in [0, 0.05) is 12.5 Å². The van der Waals surface area contributed by atoms with E-state index in [0.717, 1.165) is 0 Å². The highest BCUT2D eigenvalue weighted by Gasteiger charge is 2.26. The molecule has 0 spiro atoms. The maximum absolute atomic E-state index is 11.7. The van der Waals surface area contributed by atoms with Crippen LogP contribution in [0.3, 0.4) is 0 Å². The van der Waals surface area contributed by atoms with Gasteiger partial charge in [-0.3, -0.25) is 4.79 Å². The van der Waals surface area contributed by atoms with Crippen molar-refractivity contribution < 1.29 is 27.1 Å². The molecule has 0 fully saturated rings. The van der Waals surface area contributed by atoms with Crippen LogP contribution < -0.4 is 4.74 Å². The monoisotopic (exact) mass is 222 g/mol. The highest BCUT2D eigenvalue weighted by atomic mass is 19.4. The Balaban J connectivity index is 2.23. The van der Waals surface area contributed by atoms with Crippen LogP contribution in [0.25, 0.3) is 0 Å². The molecule has 0 saturated heterocycles. The molecule has 3 nitrogen and oxygen atoms in total. The molecule has 0 bridgehead atoms. The van der Waals surface area contributed by atoms with Crippen LogP contribution in [0.5, 0.6) is 5.95 Å². The van der Waals surface area contributed by atoms with Gasteiger partial charge in [0.1, 0.15) is 0 Å². The second kappa shape index (κ2) is 4.86. The Morgan fingerprint density at radius 3 is 2.67 bits per heavy atom. The van der Waals surface area contributed by atoms with Crippen molar-refractivity contribution in [2.75, 3.05) is 6.61 Å². The lowest BCUT2D eigenvalue weighted by molar-refractivity contribution is -0.136. The molecular weight excluding hydrogens is 213 g/mol. The summed E-state index contributed by atoms with van der Waals surface area (Å²) in [5, 5.41) is 0. The van der Waals surface area contributed by atoms with E-state index in [1.54, 1.807) is 0 Å². The van der Waals surface area contributed by atoms with Gasteiger partial charge in [-0.1, -0.05) is 0 Å². The molecule has 1 heterocycles. The topological polar surface area (TPSA) is 39.4 Å². The molecule has 0 unspecified atom stereocenters. The number of carbonyl (C=O) groups excluding carboxylic acids is 1. The zero-order valence-corrected chi connectivity index (χ0v) is 7.71. The van der Waals surface area contributed by atoms with E-state index >= 15 is 0 Å². The van der Waals surface area contributed by atoms with Gasteiger partial charge in [0.05, 0.1) is 6.61 Å². The number of hydrogen-bond donors (Lipinski definition) is 0. The van der Waals surface area contributed by atoms with E-state index in [2.05, 4.69) is 0 Å². The largest absolute Gasteiger partial charge is 0.465 e. The molecule has 6 heteroatoms. The molecule has 0 N–H and O–H groups in total. The number of ether oxygens (including phenoxy) is 1. The summed E-state index contributed by atoms with van der Waals surface area (Å²) in [6.07, 6.45) is -4.71. The average Bonchev–Trinajstić information content (AvgIpc) is 2.59. The zero-order valence-electron chi connectivity index (χ0n) is 7.71. The van der Waals surface area contributed by atoms with Gasteiger partial charge in [-0.25, -0.2) is 0 Å². The van der Waals surface area contributed by atoms with Crippen LogP contribution in [-0.4, -0.2) is 19.1 Å². The summed E-state index contributed by atoms with van der Waals surface area (Å²) in [6, 6.07) is 2.77. The summed E-state index contributed by atoms with van der Waals surface area (Å²) in [7, 11) is 0. The molecule has 0 aliphatic heterocycles. The number of hydrogen-bond acceptors (Lipinski definition) is 3. The Morgan fingerprint density at radius 1 is 1.40 bits per heavy atom. The molecule has 15 heavy (non-hydrogen) atoms. The van der Waals surface area contributed by atoms with Crippen molar-refractivity contribution in [3.05, 3.63) is 17.9 Å². The first-order valence-corrected chi connectivity index (χ1v) is 4.26. The van der Waals surface area contributed by atoms with Crippen LogP contribution in [0.15, 0.2) is 16.5 Å². The molecule has 0 atom stereocenters. The van der Waals surface area contributed by atoms with E-state index in [1.807, 2.05) is 0 Å². The van der Waals surface area contributed by atoms with Gasteiger partial charge >= 0.3 is 6.18 Å². The van der Waals surface area contributed by atoms with Gasteiger partial charge < -0.3 is 9.15 Å². The third-order valence-electron chi connectivity index (χ3n) is 1.57. The number of aldehydes is 1. The Kier molecular flexibility index (Phi) is 3.76. The first-order chi connectivity index (χ1) is 7.01. The molecule has 1 aromatic rings. The predicted octanol–water partition coefficient (Wildman–Crippen LogP) is 2.81. The number of halogens is 3. The van der Waals surface area contributed by atoms with Gasteiger partial charge in [0.2, 0.25) is 0 Å². The zero-order chi connectivity index (χ0) is 11.3. The van der Waals surface area contributed by atoms with Crippen molar-refractivity contribution in [1.82, 2.24) is 0 Å². The fourth-order valence-electron chi connectivity index (χ4n) is 0.921. The Hall–Kier alpha value is -1.46.